The van der Waals surface area contributed by atoms with Gasteiger partial charge in [-0.3, -0.25) is 4.68 Å². The molecule has 2 aromatic rings. The summed E-state index contributed by atoms with van der Waals surface area (Å²) >= 11 is 0. The van der Waals surface area contributed by atoms with Crippen molar-refractivity contribution >= 4 is 0 Å². The van der Waals surface area contributed by atoms with Crippen molar-refractivity contribution in [3.05, 3.63) is 54.4 Å². The zero-order valence-electron chi connectivity index (χ0n) is 9.88. The van der Waals surface area contributed by atoms with E-state index in [1.165, 1.54) is 6.07 Å². The van der Waals surface area contributed by atoms with Gasteiger partial charge >= 0.3 is 6.61 Å². The Bertz CT molecular complexity index is 485. The highest BCUT2D eigenvalue weighted by Crippen LogP contribution is 2.21. The van der Waals surface area contributed by atoms with Crippen molar-refractivity contribution in [2.45, 2.75) is 19.6 Å². The molecule has 0 saturated carbocycles. The summed E-state index contributed by atoms with van der Waals surface area (Å²) in [5.74, 6) is 0.170. The third-order valence-electron chi connectivity index (χ3n) is 2.53. The van der Waals surface area contributed by atoms with Gasteiger partial charge in [-0.2, -0.15) is 8.78 Å². The Morgan fingerprint density at radius 1 is 1.17 bits per heavy atom. The van der Waals surface area contributed by atoms with Crippen LogP contribution in [-0.2, 0) is 0 Å². The lowest BCUT2D eigenvalue weighted by molar-refractivity contribution is -0.0498. The molecule has 96 valence electrons. The Morgan fingerprint density at radius 2 is 1.89 bits per heavy atom. The second kappa shape index (κ2) is 5.53. The van der Waals surface area contributed by atoms with E-state index >= 15 is 0 Å². The van der Waals surface area contributed by atoms with E-state index in [9.17, 15) is 8.78 Å². The molecule has 0 bridgehead atoms. The van der Waals surface area contributed by atoms with Crippen LogP contribution in [0.15, 0.2) is 48.8 Å². The number of ether oxygens (including phenoxy) is 1. The maximum atomic E-state index is 12.1. The Kier molecular flexibility index (Phi) is 3.82. The van der Waals surface area contributed by atoms with Gasteiger partial charge in [0, 0.05) is 12.4 Å². The Balaban J connectivity index is 2.07. The smallest absolute Gasteiger partial charge is 0.387 e. The minimum atomic E-state index is -2.80. The van der Waals surface area contributed by atoms with Crippen LogP contribution in [0.5, 0.6) is 5.75 Å². The molecule has 1 aromatic carbocycles. The fourth-order valence-corrected chi connectivity index (χ4v) is 1.68. The van der Waals surface area contributed by atoms with Gasteiger partial charge in [-0.1, -0.05) is 12.1 Å². The molecule has 0 fully saturated rings. The molecule has 2 rings (SSSR count). The van der Waals surface area contributed by atoms with Gasteiger partial charge in [0.2, 0.25) is 0 Å². The topological polar surface area (TPSA) is 26.2 Å². The molecule has 1 aromatic heterocycles. The van der Waals surface area contributed by atoms with Gasteiger partial charge < -0.3 is 10.2 Å². The number of aromatic nitrogens is 1. The molecule has 0 saturated heterocycles. The molecule has 1 unspecified atom stereocenters. The van der Waals surface area contributed by atoms with Crippen LogP contribution in [0.25, 0.3) is 0 Å². The van der Waals surface area contributed by atoms with Crippen molar-refractivity contribution < 1.29 is 13.5 Å². The maximum Gasteiger partial charge on any atom is 0.387 e. The van der Waals surface area contributed by atoms with E-state index in [0.717, 1.165) is 5.56 Å². The van der Waals surface area contributed by atoms with Crippen molar-refractivity contribution in [2.75, 3.05) is 5.43 Å². The summed E-state index contributed by atoms with van der Waals surface area (Å²) < 4.78 is 30.4. The number of hydrogen-bond donors (Lipinski definition) is 1. The summed E-state index contributed by atoms with van der Waals surface area (Å²) in [4.78, 5) is 0. The molecule has 0 aliphatic carbocycles. The van der Waals surface area contributed by atoms with Crippen molar-refractivity contribution in [3.63, 3.8) is 0 Å². The predicted octanol–water partition coefficient (Wildman–Crippen LogP) is 3.39. The van der Waals surface area contributed by atoms with Gasteiger partial charge in [-0.25, -0.2) is 0 Å². The summed E-state index contributed by atoms with van der Waals surface area (Å²) in [5.41, 5.74) is 4.07. The average Bonchev–Trinajstić information content (AvgIpc) is 2.81. The van der Waals surface area contributed by atoms with Crippen LogP contribution >= 0.6 is 0 Å². The summed E-state index contributed by atoms with van der Waals surface area (Å²) in [6.07, 6.45) is 3.74. The lowest BCUT2D eigenvalue weighted by Gasteiger charge is -2.17. The number of alkyl halides is 2. The Morgan fingerprint density at radius 3 is 2.56 bits per heavy atom. The highest BCUT2D eigenvalue weighted by Gasteiger charge is 2.08. The molecule has 1 atom stereocenters. The third-order valence-corrected chi connectivity index (χ3v) is 2.53. The van der Waals surface area contributed by atoms with Crippen LogP contribution in [0.3, 0.4) is 0 Å². The van der Waals surface area contributed by atoms with E-state index in [2.05, 4.69) is 10.2 Å². The normalized spacial score (nSPS) is 12.4. The van der Waals surface area contributed by atoms with E-state index in [1.807, 2.05) is 42.2 Å². The van der Waals surface area contributed by atoms with E-state index in [0.29, 0.717) is 0 Å². The summed E-state index contributed by atoms with van der Waals surface area (Å²) in [7, 11) is 0. The molecular weight excluding hydrogens is 238 g/mol. The highest BCUT2D eigenvalue weighted by atomic mass is 19.3. The minimum Gasteiger partial charge on any atom is -0.435 e. The average molecular weight is 252 g/mol. The van der Waals surface area contributed by atoms with Gasteiger partial charge in [0.05, 0.1) is 6.04 Å². The number of hydrogen-bond acceptors (Lipinski definition) is 2. The van der Waals surface area contributed by atoms with Crippen molar-refractivity contribution in [1.29, 1.82) is 0 Å². The second-order valence-electron chi connectivity index (χ2n) is 3.89. The first kappa shape index (κ1) is 12.4. The number of nitrogens with one attached hydrogen (secondary N) is 1. The Hall–Kier alpha value is -2.04. The highest BCUT2D eigenvalue weighted by molar-refractivity contribution is 5.31. The second-order valence-corrected chi connectivity index (χ2v) is 3.89. The van der Waals surface area contributed by atoms with E-state index in [4.69, 9.17) is 0 Å². The fraction of sp³-hybridized carbons (Fsp3) is 0.231. The molecular formula is C13H14F2N2O. The van der Waals surface area contributed by atoms with Gasteiger partial charge in [-0.15, -0.1) is 0 Å². The summed E-state index contributed by atoms with van der Waals surface area (Å²) in [6.45, 7) is -0.852. The van der Waals surface area contributed by atoms with Crippen molar-refractivity contribution in [1.82, 2.24) is 4.68 Å². The fourth-order valence-electron chi connectivity index (χ4n) is 1.68. The van der Waals surface area contributed by atoms with Gasteiger partial charge in [0.25, 0.3) is 0 Å². The van der Waals surface area contributed by atoms with E-state index in [1.54, 1.807) is 12.1 Å². The maximum absolute atomic E-state index is 12.1. The van der Waals surface area contributed by atoms with Crippen LogP contribution in [0.2, 0.25) is 0 Å². The molecule has 0 spiro atoms. The van der Waals surface area contributed by atoms with Gasteiger partial charge in [0.15, 0.2) is 0 Å². The molecule has 0 amide bonds. The first-order chi connectivity index (χ1) is 8.65. The SMILES string of the molecule is CC(Nn1cccc1)c1cccc(OC(F)F)c1. The van der Waals surface area contributed by atoms with Crippen LogP contribution in [0.1, 0.15) is 18.5 Å². The lowest BCUT2D eigenvalue weighted by Crippen LogP contribution is -2.17. The van der Waals surface area contributed by atoms with E-state index in [-0.39, 0.29) is 11.8 Å². The lowest BCUT2D eigenvalue weighted by atomic mass is 10.1. The van der Waals surface area contributed by atoms with Gasteiger partial charge in [-0.05, 0) is 36.8 Å². The molecule has 3 nitrogen and oxygen atoms in total. The van der Waals surface area contributed by atoms with Crippen LogP contribution in [0.4, 0.5) is 8.78 Å². The summed E-state index contributed by atoms with van der Waals surface area (Å²) in [5, 5.41) is 0. The third kappa shape index (κ3) is 3.23. The standard InChI is InChI=1S/C13H14F2N2O/c1-10(16-17-7-2-3-8-17)11-5-4-6-12(9-11)18-13(14)15/h2-10,13,16H,1H3. The number of nitrogens with zero attached hydrogens (tertiary/aromatic N) is 1. The molecule has 1 N–H and O–H groups in total. The van der Waals surface area contributed by atoms with Crippen LogP contribution in [-0.4, -0.2) is 11.3 Å². The largest absolute Gasteiger partial charge is 0.435 e. The monoisotopic (exact) mass is 252 g/mol. The Labute approximate surface area is 104 Å². The zero-order valence-corrected chi connectivity index (χ0v) is 9.88. The van der Waals surface area contributed by atoms with E-state index < -0.39 is 6.61 Å². The van der Waals surface area contributed by atoms with Crippen LogP contribution < -0.4 is 10.2 Å². The quantitative estimate of drug-likeness (QED) is 0.882. The number of rotatable bonds is 5. The molecule has 0 radical (unpaired) electrons. The minimum absolute atomic E-state index is 0.0152. The van der Waals surface area contributed by atoms with Crippen LogP contribution in [0, 0.1) is 0 Å². The molecule has 5 heteroatoms. The van der Waals surface area contributed by atoms with Crippen molar-refractivity contribution in [2.24, 2.45) is 0 Å². The molecule has 0 aliphatic rings. The first-order valence-corrected chi connectivity index (χ1v) is 5.59. The molecule has 18 heavy (non-hydrogen) atoms. The summed E-state index contributed by atoms with van der Waals surface area (Å²) in [6, 6.07) is 10.5. The predicted molar refractivity (Wildman–Crippen MR) is 65.3 cm³/mol. The zero-order chi connectivity index (χ0) is 13.0. The first-order valence-electron chi connectivity index (χ1n) is 5.59. The van der Waals surface area contributed by atoms with Gasteiger partial charge in [0.1, 0.15) is 5.75 Å². The molecule has 0 aliphatic heterocycles. The number of halogens is 2. The number of benzene rings is 1. The van der Waals surface area contributed by atoms with Crippen molar-refractivity contribution in [3.8, 4) is 5.75 Å². The molecule has 1 heterocycles.